The quantitative estimate of drug-likeness (QED) is 0.611. The number of nitrogens with zero attached hydrogens (tertiary/aromatic N) is 2. The van der Waals surface area contributed by atoms with Gasteiger partial charge in [0.1, 0.15) is 5.60 Å². The smallest absolute Gasteiger partial charge is 0.129 e. The zero-order valence-electron chi connectivity index (χ0n) is 14.7. The first-order valence-corrected chi connectivity index (χ1v) is 8.35. The monoisotopic (exact) mass is 302 g/mol. The van der Waals surface area contributed by atoms with Crippen LogP contribution in [0.15, 0.2) is 35.5 Å². The van der Waals surface area contributed by atoms with E-state index in [-0.39, 0.29) is 5.60 Å². The second-order valence-electron chi connectivity index (χ2n) is 7.52. The zero-order chi connectivity index (χ0) is 16.2. The van der Waals surface area contributed by atoms with Gasteiger partial charge in [-0.1, -0.05) is 35.5 Å². The summed E-state index contributed by atoms with van der Waals surface area (Å²) in [7, 11) is 4.36. The molecule has 0 bridgehead atoms. The second kappa shape index (κ2) is 7.28. The van der Waals surface area contributed by atoms with E-state index in [1.807, 2.05) is 20.8 Å². The number of rotatable bonds is 4. The Hall–Kier alpha value is -1.35. The molecule has 0 heterocycles. The third kappa shape index (κ3) is 4.84. The molecular formula is C19H30N2O. The fourth-order valence-corrected chi connectivity index (χ4v) is 3.02. The SMILES string of the molecule is CN(C)C1CCC(/C(=N/OC(C)(C)C)c2ccccc2)CC1. The lowest BCUT2D eigenvalue weighted by molar-refractivity contribution is -0.000126. The molecule has 1 saturated carbocycles. The molecule has 2 rings (SSSR count). The highest BCUT2D eigenvalue weighted by atomic mass is 16.6. The van der Waals surface area contributed by atoms with Crippen molar-refractivity contribution in [1.82, 2.24) is 4.90 Å². The van der Waals surface area contributed by atoms with E-state index in [1.165, 1.54) is 31.2 Å². The Labute approximate surface area is 135 Å². The van der Waals surface area contributed by atoms with Crippen LogP contribution in [0.25, 0.3) is 0 Å². The molecule has 22 heavy (non-hydrogen) atoms. The van der Waals surface area contributed by atoms with Crippen LogP contribution < -0.4 is 0 Å². The van der Waals surface area contributed by atoms with Gasteiger partial charge < -0.3 is 9.74 Å². The summed E-state index contributed by atoms with van der Waals surface area (Å²) >= 11 is 0. The number of oxime groups is 1. The summed E-state index contributed by atoms with van der Waals surface area (Å²) < 4.78 is 0. The summed E-state index contributed by atoms with van der Waals surface area (Å²) in [6, 6.07) is 11.2. The molecule has 1 aliphatic rings. The lowest BCUT2D eigenvalue weighted by Gasteiger charge is -2.33. The van der Waals surface area contributed by atoms with Crippen molar-refractivity contribution in [1.29, 1.82) is 0 Å². The maximum Gasteiger partial charge on any atom is 0.129 e. The highest BCUT2D eigenvalue weighted by molar-refractivity contribution is 6.01. The van der Waals surface area contributed by atoms with Crippen molar-refractivity contribution in [2.75, 3.05) is 14.1 Å². The van der Waals surface area contributed by atoms with Crippen molar-refractivity contribution in [2.24, 2.45) is 11.1 Å². The van der Waals surface area contributed by atoms with Gasteiger partial charge in [0.05, 0.1) is 5.71 Å². The Morgan fingerprint density at radius 1 is 1.05 bits per heavy atom. The molecule has 1 aromatic rings. The van der Waals surface area contributed by atoms with E-state index in [0.29, 0.717) is 12.0 Å². The van der Waals surface area contributed by atoms with E-state index >= 15 is 0 Å². The summed E-state index contributed by atoms with van der Waals surface area (Å²) in [5.74, 6) is 0.501. The van der Waals surface area contributed by atoms with E-state index in [2.05, 4.69) is 54.5 Å². The minimum atomic E-state index is -0.249. The molecular weight excluding hydrogens is 272 g/mol. The van der Waals surface area contributed by atoms with E-state index in [9.17, 15) is 0 Å². The van der Waals surface area contributed by atoms with Gasteiger partial charge in [-0.15, -0.1) is 0 Å². The van der Waals surface area contributed by atoms with E-state index in [1.54, 1.807) is 0 Å². The van der Waals surface area contributed by atoms with E-state index in [4.69, 9.17) is 4.84 Å². The predicted octanol–water partition coefficient (Wildman–Crippen LogP) is 4.33. The number of hydrogen-bond donors (Lipinski definition) is 0. The molecule has 0 saturated heterocycles. The van der Waals surface area contributed by atoms with Gasteiger partial charge in [-0.3, -0.25) is 0 Å². The second-order valence-corrected chi connectivity index (χ2v) is 7.52. The van der Waals surface area contributed by atoms with Crippen LogP contribution in [-0.2, 0) is 4.84 Å². The molecule has 122 valence electrons. The number of benzene rings is 1. The molecule has 0 radical (unpaired) electrons. The molecule has 0 spiro atoms. The summed E-state index contributed by atoms with van der Waals surface area (Å²) in [5.41, 5.74) is 2.06. The standard InChI is InChI=1S/C19H30N2O/c1-19(2,3)22-20-18(15-9-7-6-8-10-15)16-11-13-17(14-12-16)21(4)5/h6-10,16-17H,11-14H2,1-5H3/b20-18+. The average Bonchev–Trinajstić information content (AvgIpc) is 2.48. The van der Waals surface area contributed by atoms with Crippen LogP contribution in [0.3, 0.4) is 0 Å². The first-order valence-electron chi connectivity index (χ1n) is 8.35. The van der Waals surface area contributed by atoms with Gasteiger partial charge in [0.25, 0.3) is 0 Å². The van der Waals surface area contributed by atoms with Crippen molar-refractivity contribution in [3.63, 3.8) is 0 Å². The molecule has 1 fully saturated rings. The lowest BCUT2D eigenvalue weighted by Crippen LogP contribution is -2.34. The minimum absolute atomic E-state index is 0.249. The minimum Gasteiger partial charge on any atom is -0.390 e. The van der Waals surface area contributed by atoms with Gasteiger partial charge in [-0.2, -0.15) is 0 Å². The van der Waals surface area contributed by atoms with Gasteiger partial charge in [-0.05, 0) is 66.1 Å². The summed E-state index contributed by atoms with van der Waals surface area (Å²) in [6.07, 6.45) is 4.84. The molecule has 3 heteroatoms. The van der Waals surface area contributed by atoms with Crippen molar-refractivity contribution in [3.05, 3.63) is 35.9 Å². The topological polar surface area (TPSA) is 24.8 Å². The molecule has 1 aromatic carbocycles. The zero-order valence-corrected chi connectivity index (χ0v) is 14.7. The van der Waals surface area contributed by atoms with Gasteiger partial charge in [0, 0.05) is 12.0 Å². The Bertz CT molecular complexity index is 480. The fourth-order valence-electron chi connectivity index (χ4n) is 3.02. The van der Waals surface area contributed by atoms with Crippen LogP contribution in [-0.4, -0.2) is 36.3 Å². The Kier molecular flexibility index (Phi) is 5.63. The highest BCUT2D eigenvalue weighted by Crippen LogP contribution is 2.30. The van der Waals surface area contributed by atoms with Crippen LogP contribution in [0, 0.1) is 5.92 Å². The largest absolute Gasteiger partial charge is 0.390 e. The molecule has 0 N–H and O–H groups in total. The first kappa shape index (κ1) is 17.0. The van der Waals surface area contributed by atoms with Crippen molar-refractivity contribution in [3.8, 4) is 0 Å². The highest BCUT2D eigenvalue weighted by Gasteiger charge is 2.27. The Morgan fingerprint density at radius 2 is 1.64 bits per heavy atom. The van der Waals surface area contributed by atoms with Gasteiger partial charge in [0.2, 0.25) is 0 Å². The Morgan fingerprint density at radius 3 is 2.14 bits per heavy atom. The number of hydrogen-bond acceptors (Lipinski definition) is 3. The molecule has 3 nitrogen and oxygen atoms in total. The van der Waals surface area contributed by atoms with Crippen LogP contribution in [0.4, 0.5) is 0 Å². The van der Waals surface area contributed by atoms with Crippen molar-refractivity contribution in [2.45, 2.75) is 58.1 Å². The molecule has 1 aliphatic carbocycles. The van der Waals surface area contributed by atoms with E-state index in [0.717, 1.165) is 5.71 Å². The summed E-state index contributed by atoms with van der Waals surface area (Å²) in [6.45, 7) is 6.13. The lowest BCUT2D eigenvalue weighted by atomic mass is 9.81. The fraction of sp³-hybridized carbons (Fsp3) is 0.632. The Balaban J connectivity index is 2.16. The maximum atomic E-state index is 5.75. The molecule has 0 unspecified atom stereocenters. The van der Waals surface area contributed by atoms with Crippen molar-refractivity contribution >= 4 is 5.71 Å². The third-order valence-electron chi connectivity index (χ3n) is 4.30. The van der Waals surface area contributed by atoms with Gasteiger partial charge in [0.15, 0.2) is 0 Å². The average molecular weight is 302 g/mol. The molecule has 0 amide bonds. The molecule has 0 aromatic heterocycles. The van der Waals surface area contributed by atoms with Crippen LogP contribution in [0.2, 0.25) is 0 Å². The van der Waals surface area contributed by atoms with Crippen molar-refractivity contribution < 1.29 is 4.84 Å². The first-order chi connectivity index (χ1) is 10.4. The van der Waals surface area contributed by atoms with Crippen LogP contribution in [0.1, 0.15) is 52.0 Å². The van der Waals surface area contributed by atoms with Crippen LogP contribution in [0.5, 0.6) is 0 Å². The van der Waals surface area contributed by atoms with Gasteiger partial charge in [-0.25, -0.2) is 0 Å². The van der Waals surface area contributed by atoms with E-state index < -0.39 is 0 Å². The van der Waals surface area contributed by atoms with Gasteiger partial charge >= 0.3 is 0 Å². The predicted molar refractivity (Wildman–Crippen MR) is 93.3 cm³/mol. The third-order valence-corrected chi connectivity index (χ3v) is 4.30. The summed E-state index contributed by atoms with van der Waals surface area (Å²) in [5, 5.41) is 4.56. The van der Waals surface area contributed by atoms with Crippen LogP contribution >= 0.6 is 0 Å². The molecule has 0 aliphatic heterocycles. The summed E-state index contributed by atoms with van der Waals surface area (Å²) in [4.78, 5) is 8.10. The normalized spacial score (nSPS) is 23.6. The maximum absolute atomic E-state index is 5.75. The molecule has 0 atom stereocenters.